The molecule has 3 nitrogen and oxygen atoms in total. The highest BCUT2D eigenvalue weighted by Crippen LogP contribution is 2.41. The van der Waals surface area contributed by atoms with E-state index in [0.717, 1.165) is 38.1 Å². The molecule has 0 heterocycles. The standard InChI is InChI=1S/C17H30N2OS/c1-17(2,3)13-6-4-12(5-7-13)16(20)19(14-8-9-14)11-10-15(18)21/h12-14H,4-11H2,1-3H3,(H2,18,21). The second-order valence-electron chi connectivity index (χ2n) is 7.89. The van der Waals surface area contributed by atoms with Crippen LogP contribution in [0.15, 0.2) is 0 Å². The van der Waals surface area contributed by atoms with Crippen molar-refractivity contribution in [1.82, 2.24) is 4.90 Å². The fourth-order valence-corrected chi connectivity index (χ4v) is 3.62. The first-order chi connectivity index (χ1) is 9.79. The minimum Gasteiger partial charge on any atom is -0.393 e. The number of amides is 1. The highest BCUT2D eigenvalue weighted by Gasteiger charge is 2.38. The molecule has 2 aliphatic carbocycles. The molecule has 0 aromatic heterocycles. The largest absolute Gasteiger partial charge is 0.393 e. The van der Waals surface area contributed by atoms with E-state index in [0.29, 0.717) is 28.8 Å². The Morgan fingerprint density at radius 1 is 1.14 bits per heavy atom. The topological polar surface area (TPSA) is 46.3 Å². The summed E-state index contributed by atoms with van der Waals surface area (Å²) >= 11 is 4.96. The van der Waals surface area contributed by atoms with Gasteiger partial charge in [0.2, 0.25) is 5.91 Å². The van der Waals surface area contributed by atoms with E-state index in [9.17, 15) is 4.79 Å². The van der Waals surface area contributed by atoms with E-state index in [-0.39, 0.29) is 5.92 Å². The first-order valence-electron chi connectivity index (χ1n) is 8.38. The van der Waals surface area contributed by atoms with Crippen molar-refractivity contribution in [1.29, 1.82) is 0 Å². The summed E-state index contributed by atoms with van der Waals surface area (Å²) in [6.07, 6.45) is 7.45. The first kappa shape index (κ1) is 16.7. The number of rotatable bonds is 5. The third kappa shape index (κ3) is 4.67. The van der Waals surface area contributed by atoms with Gasteiger partial charge in [0.05, 0.1) is 4.99 Å². The summed E-state index contributed by atoms with van der Waals surface area (Å²) in [5, 5.41) is 0. The predicted molar refractivity (Wildman–Crippen MR) is 91.0 cm³/mol. The van der Waals surface area contributed by atoms with Crippen LogP contribution in [0.5, 0.6) is 0 Å². The van der Waals surface area contributed by atoms with Crippen LogP contribution in [0.3, 0.4) is 0 Å². The first-order valence-corrected chi connectivity index (χ1v) is 8.78. The van der Waals surface area contributed by atoms with E-state index in [2.05, 4.69) is 25.7 Å². The van der Waals surface area contributed by atoms with Gasteiger partial charge in [0.25, 0.3) is 0 Å². The van der Waals surface area contributed by atoms with Crippen molar-refractivity contribution < 1.29 is 4.79 Å². The molecule has 0 aliphatic heterocycles. The molecule has 0 unspecified atom stereocenters. The molecule has 2 fully saturated rings. The lowest BCUT2D eigenvalue weighted by atomic mass is 9.69. The van der Waals surface area contributed by atoms with Gasteiger partial charge >= 0.3 is 0 Å². The molecule has 21 heavy (non-hydrogen) atoms. The minimum atomic E-state index is 0.232. The van der Waals surface area contributed by atoms with Gasteiger partial charge in [0.1, 0.15) is 0 Å². The van der Waals surface area contributed by atoms with Crippen LogP contribution in [0.25, 0.3) is 0 Å². The Hall–Kier alpha value is -0.640. The minimum absolute atomic E-state index is 0.232. The normalized spacial score (nSPS) is 26.4. The molecule has 2 N–H and O–H groups in total. The van der Waals surface area contributed by atoms with E-state index >= 15 is 0 Å². The van der Waals surface area contributed by atoms with E-state index < -0.39 is 0 Å². The molecule has 0 aromatic carbocycles. The van der Waals surface area contributed by atoms with Crippen molar-refractivity contribution >= 4 is 23.1 Å². The molecule has 2 aliphatic rings. The van der Waals surface area contributed by atoms with Gasteiger partial charge in [-0.3, -0.25) is 4.79 Å². The Kier molecular flexibility index (Phi) is 5.29. The maximum Gasteiger partial charge on any atom is 0.225 e. The van der Waals surface area contributed by atoms with Crippen molar-refractivity contribution in [3.8, 4) is 0 Å². The summed E-state index contributed by atoms with van der Waals surface area (Å²) in [6, 6.07) is 0.465. The smallest absolute Gasteiger partial charge is 0.225 e. The number of hydrogen-bond donors (Lipinski definition) is 1. The van der Waals surface area contributed by atoms with Crippen LogP contribution in [-0.2, 0) is 4.79 Å². The van der Waals surface area contributed by atoms with E-state index in [4.69, 9.17) is 18.0 Å². The average Bonchev–Trinajstić information content (AvgIpc) is 3.22. The Labute approximate surface area is 134 Å². The number of nitrogens with zero attached hydrogens (tertiary/aromatic N) is 1. The molecule has 0 bridgehead atoms. The number of carbonyl (C=O) groups is 1. The van der Waals surface area contributed by atoms with E-state index in [1.807, 2.05) is 0 Å². The van der Waals surface area contributed by atoms with Crippen LogP contribution >= 0.6 is 12.2 Å². The van der Waals surface area contributed by atoms with E-state index in [1.165, 1.54) is 12.8 Å². The number of nitrogens with two attached hydrogens (primary N) is 1. The summed E-state index contributed by atoms with van der Waals surface area (Å²) < 4.78 is 0. The molecule has 2 saturated carbocycles. The van der Waals surface area contributed by atoms with Gasteiger partial charge in [-0.25, -0.2) is 0 Å². The SMILES string of the molecule is CC(C)(C)C1CCC(C(=O)N(CCC(N)=S)C2CC2)CC1. The molecule has 0 radical (unpaired) electrons. The van der Waals surface area contributed by atoms with Crippen LogP contribution in [0.2, 0.25) is 0 Å². The van der Waals surface area contributed by atoms with Gasteiger partial charge in [-0.1, -0.05) is 33.0 Å². The highest BCUT2D eigenvalue weighted by molar-refractivity contribution is 7.80. The van der Waals surface area contributed by atoms with Crippen molar-refractivity contribution in [3.63, 3.8) is 0 Å². The fraction of sp³-hybridized carbons (Fsp3) is 0.882. The van der Waals surface area contributed by atoms with Crippen LogP contribution < -0.4 is 5.73 Å². The Bertz CT molecular complexity index is 390. The number of hydrogen-bond acceptors (Lipinski definition) is 2. The second-order valence-corrected chi connectivity index (χ2v) is 8.42. The van der Waals surface area contributed by atoms with Crippen molar-refractivity contribution in [2.45, 2.75) is 71.8 Å². The molecular weight excluding hydrogens is 280 g/mol. The fourth-order valence-electron chi connectivity index (χ4n) is 3.53. The summed E-state index contributed by atoms with van der Waals surface area (Å²) in [4.78, 5) is 15.4. The Balaban J connectivity index is 1.88. The number of carbonyl (C=O) groups excluding carboxylic acids is 1. The summed E-state index contributed by atoms with van der Waals surface area (Å²) in [5.41, 5.74) is 5.97. The zero-order chi connectivity index (χ0) is 15.6. The summed E-state index contributed by atoms with van der Waals surface area (Å²) in [5.74, 6) is 1.35. The molecule has 0 aromatic rings. The third-order valence-corrected chi connectivity index (χ3v) is 5.38. The van der Waals surface area contributed by atoms with Crippen molar-refractivity contribution in [2.75, 3.05) is 6.54 Å². The van der Waals surface area contributed by atoms with Gasteiger partial charge < -0.3 is 10.6 Å². The highest BCUT2D eigenvalue weighted by atomic mass is 32.1. The summed E-state index contributed by atoms with van der Waals surface area (Å²) in [6.45, 7) is 7.67. The monoisotopic (exact) mass is 310 g/mol. The lowest BCUT2D eigenvalue weighted by molar-refractivity contribution is -0.137. The Morgan fingerprint density at radius 2 is 1.71 bits per heavy atom. The zero-order valence-electron chi connectivity index (χ0n) is 13.7. The van der Waals surface area contributed by atoms with Gasteiger partial charge in [0.15, 0.2) is 0 Å². The molecule has 120 valence electrons. The van der Waals surface area contributed by atoms with Crippen LogP contribution in [0.1, 0.15) is 65.7 Å². The second kappa shape index (κ2) is 6.64. The molecule has 4 heteroatoms. The van der Waals surface area contributed by atoms with Crippen LogP contribution in [-0.4, -0.2) is 28.4 Å². The molecule has 0 spiro atoms. The maximum atomic E-state index is 12.8. The third-order valence-electron chi connectivity index (χ3n) is 5.17. The van der Waals surface area contributed by atoms with E-state index in [1.54, 1.807) is 0 Å². The maximum absolute atomic E-state index is 12.8. The number of thiocarbonyl (C=S) groups is 1. The molecular formula is C17H30N2OS. The van der Waals surface area contributed by atoms with Crippen molar-refractivity contribution in [3.05, 3.63) is 0 Å². The molecule has 0 saturated heterocycles. The van der Waals surface area contributed by atoms with Crippen LogP contribution in [0, 0.1) is 17.3 Å². The predicted octanol–water partition coefficient (Wildman–Crippen LogP) is 3.51. The molecule has 1 amide bonds. The quantitative estimate of drug-likeness (QED) is 0.791. The lowest BCUT2D eigenvalue weighted by Crippen LogP contribution is -2.41. The van der Waals surface area contributed by atoms with Crippen molar-refractivity contribution in [2.24, 2.45) is 23.0 Å². The summed E-state index contributed by atoms with van der Waals surface area (Å²) in [7, 11) is 0. The molecule has 2 rings (SSSR count). The van der Waals surface area contributed by atoms with Gasteiger partial charge in [-0.2, -0.15) is 0 Å². The molecule has 0 atom stereocenters. The van der Waals surface area contributed by atoms with Gasteiger partial charge in [0, 0.05) is 24.9 Å². The zero-order valence-corrected chi connectivity index (χ0v) is 14.5. The average molecular weight is 311 g/mol. The van der Waals surface area contributed by atoms with Gasteiger partial charge in [-0.15, -0.1) is 0 Å². The van der Waals surface area contributed by atoms with Gasteiger partial charge in [-0.05, 0) is 49.9 Å². The lowest BCUT2D eigenvalue weighted by Gasteiger charge is -2.38. The Morgan fingerprint density at radius 3 is 2.14 bits per heavy atom. The van der Waals surface area contributed by atoms with Crippen LogP contribution in [0.4, 0.5) is 0 Å².